The summed E-state index contributed by atoms with van der Waals surface area (Å²) in [6.07, 6.45) is 5.65. The predicted octanol–water partition coefficient (Wildman–Crippen LogP) is 1.01. The van der Waals surface area contributed by atoms with Gasteiger partial charge in [0, 0.05) is 25.7 Å². The molecule has 3 heteroatoms. The van der Waals surface area contributed by atoms with Crippen LogP contribution in [-0.4, -0.2) is 48.5 Å². The minimum absolute atomic E-state index is 0.0955. The van der Waals surface area contributed by atoms with Crippen molar-refractivity contribution in [2.24, 2.45) is 0 Å². The first kappa shape index (κ1) is 10.4. The van der Waals surface area contributed by atoms with E-state index in [4.69, 9.17) is 4.74 Å². The Kier molecular flexibility index (Phi) is 3.79. The lowest BCUT2D eigenvalue weighted by Crippen LogP contribution is -2.46. The molecule has 2 unspecified atom stereocenters. The number of rotatable bonds is 1. The number of ether oxygens (including phenoxy) is 1. The Morgan fingerprint density at radius 2 is 1.86 bits per heavy atom. The molecule has 1 N–H and O–H groups in total. The zero-order chi connectivity index (χ0) is 9.80. The van der Waals surface area contributed by atoms with E-state index in [9.17, 15) is 5.11 Å². The Hall–Kier alpha value is -0.120. The van der Waals surface area contributed by atoms with Gasteiger partial charge in [0.1, 0.15) is 0 Å². The van der Waals surface area contributed by atoms with E-state index in [1.165, 1.54) is 19.3 Å². The van der Waals surface area contributed by atoms with Crippen LogP contribution in [0.5, 0.6) is 0 Å². The lowest BCUT2D eigenvalue weighted by Gasteiger charge is -2.36. The highest BCUT2D eigenvalue weighted by Gasteiger charge is 2.28. The van der Waals surface area contributed by atoms with Gasteiger partial charge in [0.2, 0.25) is 0 Å². The molecule has 2 fully saturated rings. The summed E-state index contributed by atoms with van der Waals surface area (Å²) in [6, 6.07) is 0.408. The molecule has 2 atom stereocenters. The first-order valence-electron chi connectivity index (χ1n) is 5.88. The van der Waals surface area contributed by atoms with Crippen molar-refractivity contribution < 1.29 is 9.84 Å². The maximum absolute atomic E-state index is 9.93. The van der Waals surface area contributed by atoms with E-state index in [0.29, 0.717) is 6.04 Å². The third-order valence-corrected chi connectivity index (χ3v) is 3.42. The molecule has 3 nitrogen and oxygen atoms in total. The Morgan fingerprint density at radius 1 is 1.00 bits per heavy atom. The van der Waals surface area contributed by atoms with Gasteiger partial charge >= 0.3 is 0 Å². The van der Waals surface area contributed by atoms with Gasteiger partial charge in [0.15, 0.2) is 0 Å². The van der Waals surface area contributed by atoms with Gasteiger partial charge in [-0.3, -0.25) is 4.90 Å². The van der Waals surface area contributed by atoms with E-state index >= 15 is 0 Å². The van der Waals surface area contributed by atoms with E-state index in [1.807, 2.05) is 0 Å². The monoisotopic (exact) mass is 199 g/mol. The van der Waals surface area contributed by atoms with Crippen LogP contribution in [0.1, 0.15) is 32.1 Å². The lowest BCUT2D eigenvalue weighted by atomic mass is 9.91. The molecule has 0 bridgehead atoms. The van der Waals surface area contributed by atoms with Gasteiger partial charge in [-0.1, -0.05) is 12.8 Å². The predicted molar refractivity (Wildman–Crippen MR) is 55.3 cm³/mol. The first-order valence-corrected chi connectivity index (χ1v) is 5.88. The third-order valence-electron chi connectivity index (χ3n) is 3.42. The van der Waals surface area contributed by atoms with E-state index in [2.05, 4.69) is 4.90 Å². The maximum atomic E-state index is 9.93. The molecule has 0 aromatic rings. The van der Waals surface area contributed by atoms with Crippen LogP contribution in [0.15, 0.2) is 0 Å². The molecule has 2 rings (SSSR count). The molecule has 1 saturated carbocycles. The van der Waals surface area contributed by atoms with Crippen LogP contribution in [0.2, 0.25) is 0 Å². The Bertz CT molecular complexity index is 167. The summed E-state index contributed by atoms with van der Waals surface area (Å²) in [6.45, 7) is 3.83. The summed E-state index contributed by atoms with van der Waals surface area (Å²) >= 11 is 0. The SMILES string of the molecule is OC1CCCCC1N1CCCOCC1. The molecule has 1 aliphatic carbocycles. The molecule has 1 heterocycles. The third kappa shape index (κ3) is 2.47. The van der Waals surface area contributed by atoms with Crippen molar-refractivity contribution in [2.75, 3.05) is 26.3 Å². The van der Waals surface area contributed by atoms with Crippen molar-refractivity contribution in [1.82, 2.24) is 4.90 Å². The zero-order valence-corrected chi connectivity index (χ0v) is 8.82. The number of aliphatic hydroxyl groups is 1. The maximum Gasteiger partial charge on any atom is 0.0695 e. The lowest BCUT2D eigenvalue weighted by molar-refractivity contribution is 0.0185. The highest BCUT2D eigenvalue weighted by molar-refractivity contribution is 4.83. The molecule has 0 amide bonds. The van der Waals surface area contributed by atoms with E-state index in [-0.39, 0.29) is 6.10 Å². The molecule has 0 radical (unpaired) electrons. The van der Waals surface area contributed by atoms with E-state index in [1.54, 1.807) is 0 Å². The standard InChI is InChI=1S/C11H21NO2/c13-11-5-2-1-4-10(11)12-6-3-8-14-9-7-12/h10-11,13H,1-9H2. The summed E-state index contributed by atoms with van der Waals surface area (Å²) in [5, 5.41) is 9.93. The summed E-state index contributed by atoms with van der Waals surface area (Å²) in [5.41, 5.74) is 0. The normalized spacial score (nSPS) is 36.6. The van der Waals surface area contributed by atoms with Gasteiger partial charge in [0.25, 0.3) is 0 Å². The van der Waals surface area contributed by atoms with Crippen molar-refractivity contribution in [2.45, 2.75) is 44.2 Å². The van der Waals surface area contributed by atoms with Crippen molar-refractivity contribution in [1.29, 1.82) is 0 Å². The van der Waals surface area contributed by atoms with Gasteiger partial charge in [-0.25, -0.2) is 0 Å². The van der Waals surface area contributed by atoms with Gasteiger partial charge in [-0.2, -0.15) is 0 Å². The Balaban J connectivity index is 1.90. The molecule has 2 aliphatic rings. The molecule has 0 aromatic carbocycles. The molecule has 0 spiro atoms. The quantitative estimate of drug-likeness (QED) is 0.684. The fourth-order valence-electron chi connectivity index (χ4n) is 2.61. The second-order valence-corrected chi connectivity index (χ2v) is 4.42. The highest BCUT2D eigenvalue weighted by atomic mass is 16.5. The minimum atomic E-state index is -0.0955. The van der Waals surface area contributed by atoms with Gasteiger partial charge in [-0.15, -0.1) is 0 Å². The smallest absolute Gasteiger partial charge is 0.0695 e. The zero-order valence-electron chi connectivity index (χ0n) is 8.82. The largest absolute Gasteiger partial charge is 0.391 e. The van der Waals surface area contributed by atoms with Crippen LogP contribution in [0, 0.1) is 0 Å². The number of hydrogen-bond acceptors (Lipinski definition) is 3. The minimum Gasteiger partial charge on any atom is -0.391 e. The second-order valence-electron chi connectivity index (χ2n) is 4.42. The number of hydrogen-bond donors (Lipinski definition) is 1. The fraction of sp³-hybridized carbons (Fsp3) is 1.00. The number of nitrogens with zero attached hydrogens (tertiary/aromatic N) is 1. The van der Waals surface area contributed by atoms with Crippen LogP contribution in [0.4, 0.5) is 0 Å². The fourth-order valence-corrected chi connectivity index (χ4v) is 2.61. The summed E-state index contributed by atoms with van der Waals surface area (Å²) in [4.78, 5) is 2.43. The molecule has 1 aliphatic heterocycles. The van der Waals surface area contributed by atoms with E-state index in [0.717, 1.165) is 39.1 Å². The number of aliphatic hydroxyl groups excluding tert-OH is 1. The summed E-state index contributed by atoms with van der Waals surface area (Å²) in [5.74, 6) is 0. The average molecular weight is 199 g/mol. The second kappa shape index (κ2) is 5.10. The van der Waals surface area contributed by atoms with Crippen LogP contribution in [0.3, 0.4) is 0 Å². The highest BCUT2D eigenvalue weighted by Crippen LogP contribution is 2.23. The topological polar surface area (TPSA) is 32.7 Å². The van der Waals surface area contributed by atoms with Crippen LogP contribution < -0.4 is 0 Å². The van der Waals surface area contributed by atoms with Crippen LogP contribution >= 0.6 is 0 Å². The van der Waals surface area contributed by atoms with Gasteiger partial charge < -0.3 is 9.84 Å². The van der Waals surface area contributed by atoms with Crippen molar-refractivity contribution in [3.8, 4) is 0 Å². The summed E-state index contributed by atoms with van der Waals surface area (Å²) < 4.78 is 5.43. The average Bonchev–Trinajstić information content (AvgIpc) is 2.47. The summed E-state index contributed by atoms with van der Waals surface area (Å²) in [7, 11) is 0. The van der Waals surface area contributed by atoms with E-state index < -0.39 is 0 Å². The Labute approximate surface area is 86.0 Å². The van der Waals surface area contributed by atoms with Crippen LogP contribution in [-0.2, 0) is 4.74 Å². The van der Waals surface area contributed by atoms with Gasteiger partial charge in [0.05, 0.1) is 12.7 Å². The molecule has 0 aromatic heterocycles. The van der Waals surface area contributed by atoms with Crippen molar-refractivity contribution >= 4 is 0 Å². The molecular weight excluding hydrogens is 178 g/mol. The molecule has 14 heavy (non-hydrogen) atoms. The van der Waals surface area contributed by atoms with Gasteiger partial charge in [-0.05, 0) is 19.3 Å². The molecule has 1 saturated heterocycles. The van der Waals surface area contributed by atoms with Crippen LogP contribution in [0.25, 0.3) is 0 Å². The van der Waals surface area contributed by atoms with Crippen molar-refractivity contribution in [3.05, 3.63) is 0 Å². The molecular formula is C11H21NO2. The first-order chi connectivity index (χ1) is 6.88. The Morgan fingerprint density at radius 3 is 2.71 bits per heavy atom. The molecule has 82 valence electrons. The van der Waals surface area contributed by atoms with Crippen molar-refractivity contribution in [3.63, 3.8) is 0 Å².